The molecule has 4 aliphatic carbocycles. The van der Waals surface area contributed by atoms with Gasteiger partial charge in [0.1, 0.15) is 91.6 Å². The van der Waals surface area contributed by atoms with Crippen molar-refractivity contribution in [1.82, 2.24) is 0 Å². The lowest BCUT2D eigenvalue weighted by Gasteiger charge is -2.64. The first-order chi connectivity index (χ1) is 33.1. The minimum Gasteiger partial charge on any atom is -0.432 e. The van der Waals surface area contributed by atoms with E-state index in [1.165, 1.54) is 0 Å². The summed E-state index contributed by atoms with van der Waals surface area (Å²) in [7, 11) is 0. The number of fused-ring (bicyclic) bond motifs is 3. The lowest BCUT2D eigenvalue weighted by atomic mass is 9.41. The Hall–Kier alpha value is -1.63. The van der Waals surface area contributed by atoms with E-state index in [0.29, 0.717) is 44.9 Å². The van der Waals surface area contributed by atoms with Crippen molar-refractivity contribution in [3.8, 4) is 0 Å². The zero-order valence-corrected chi connectivity index (χ0v) is 39.7. The molecule has 23 nitrogen and oxygen atoms in total. The van der Waals surface area contributed by atoms with E-state index in [1.807, 2.05) is 6.92 Å². The van der Waals surface area contributed by atoms with E-state index >= 15 is 0 Å². The largest absolute Gasteiger partial charge is 0.432 e. The van der Waals surface area contributed by atoms with Gasteiger partial charge in [-0.15, -0.1) is 0 Å². The first-order valence-electron chi connectivity index (χ1n) is 24.8. The molecule has 4 saturated carbocycles. The normalized spacial score (nSPS) is 52.7. The highest BCUT2D eigenvalue weighted by Crippen LogP contribution is 2.73. The van der Waals surface area contributed by atoms with Crippen molar-refractivity contribution in [2.24, 2.45) is 34.0 Å². The number of esters is 1. The van der Waals surface area contributed by atoms with Gasteiger partial charge >= 0.3 is 5.97 Å². The number of hydrogen-bond donors (Lipinski definition) is 14. The molecule has 8 aliphatic rings. The molecule has 0 radical (unpaired) electrons. The van der Waals surface area contributed by atoms with Crippen molar-refractivity contribution in [2.45, 2.75) is 194 Å². The van der Waals surface area contributed by atoms with E-state index in [4.69, 9.17) is 37.9 Å². The first-order valence-corrected chi connectivity index (χ1v) is 24.8. The monoisotopic (exact) mass is 1010 g/mol. The Morgan fingerprint density at radius 3 is 1.74 bits per heavy atom. The van der Waals surface area contributed by atoms with E-state index in [2.05, 4.69) is 13.5 Å². The summed E-state index contributed by atoms with van der Waals surface area (Å²) in [5.74, 6) is -1.72. The van der Waals surface area contributed by atoms with Crippen molar-refractivity contribution < 1.29 is 114 Å². The molecule has 8 rings (SSSR count). The summed E-state index contributed by atoms with van der Waals surface area (Å²) < 4.78 is 48.2. The maximum Gasteiger partial charge on any atom is 0.314 e. The summed E-state index contributed by atoms with van der Waals surface area (Å²) in [5, 5.41) is 147. The third-order valence-electron chi connectivity index (χ3n) is 18.0. The lowest BCUT2D eigenvalue weighted by Crippen LogP contribution is -2.64. The minimum absolute atomic E-state index is 0.127. The summed E-state index contributed by atoms with van der Waals surface area (Å²) in [5.41, 5.74) is -1.62. The highest BCUT2D eigenvalue weighted by atomic mass is 16.7. The van der Waals surface area contributed by atoms with Crippen molar-refractivity contribution in [2.75, 3.05) is 46.2 Å². The number of carbonyl (C=O) groups excluding carboxylic acids is 1. The quantitative estimate of drug-likeness (QED) is 0.0541. The first kappa shape index (κ1) is 54.6. The van der Waals surface area contributed by atoms with Gasteiger partial charge in [0.2, 0.25) is 6.29 Å². The summed E-state index contributed by atoms with van der Waals surface area (Å²) in [4.78, 5) is 14.3. The van der Waals surface area contributed by atoms with Crippen LogP contribution in [-0.2, 0) is 42.7 Å². The Morgan fingerprint density at radius 1 is 0.586 bits per heavy atom. The number of carbonyl (C=O) groups is 1. The zero-order chi connectivity index (χ0) is 50.8. The van der Waals surface area contributed by atoms with E-state index in [0.717, 1.165) is 18.4 Å². The van der Waals surface area contributed by atoms with E-state index in [1.54, 1.807) is 0 Å². The zero-order valence-electron chi connectivity index (χ0n) is 39.7. The molecule has 2 bridgehead atoms. The molecule has 402 valence electrons. The van der Waals surface area contributed by atoms with Crippen LogP contribution in [-0.4, -0.2) is 246 Å². The molecule has 0 aromatic carbocycles. The van der Waals surface area contributed by atoms with Gasteiger partial charge < -0.3 is 109 Å². The molecule has 1 spiro atoms. The summed E-state index contributed by atoms with van der Waals surface area (Å²) in [6.45, 7) is 4.90. The van der Waals surface area contributed by atoms with Crippen LogP contribution in [0.3, 0.4) is 0 Å². The Labute approximate surface area is 405 Å². The van der Waals surface area contributed by atoms with Crippen molar-refractivity contribution in [3.63, 3.8) is 0 Å². The minimum atomic E-state index is -1.85. The van der Waals surface area contributed by atoms with Gasteiger partial charge in [-0.25, -0.2) is 0 Å². The van der Waals surface area contributed by atoms with Gasteiger partial charge in [0.15, 0.2) is 6.29 Å². The van der Waals surface area contributed by atoms with Crippen LogP contribution in [0.2, 0.25) is 0 Å². The number of rotatable bonds is 15. The Morgan fingerprint density at radius 2 is 1.11 bits per heavy atom. The standard InChI is InChI=1S/C47H76O23/c1-20-11-46-9-5-28-44(2,7-4-8-45(28,3)43(62)70-42-39(61)37(59)33(55)25(15-51)68-42)29(46)6-10-47(20,19-46)64-18-27-40(69-41-38(60)36(58)32(54)24(14-50)67-41)21(30(52)22(12-48)66-27)16-63-17-26-34(56)35(57)31(53)23(13-49)65-26/h21-42,48-61H,1,4-19H2,2-3H3/t21-,22?,23?,24?,25?,26+,27+,28?,29+,30+,31-,32-,33-,34?,35-,36-,37-,38?,39?,40?,41+,42+,44-,45-,46-,47+/m1/s1. The van der Waals surface area contributed by atoms with Crippen molar-refractivity contribution in [3.05, 3.63) is 12.2 Å². The molecule has 0 aromatic rings. The molecule has 8 fully saturated rings. The van der Waals surface area contributed by atoms with Gasteiger partial charge in [-0.2, -0.15) is 0 Å². The molecule has 14 N–H and O–H groups in total. The molecule has 26 atom stereocenters. The molecular weight excluding hydrogens is 932 g/mol. The third kappa shape index (κ3) is 9.44. The average Bonchev–Trinajstić information content (AvgIpc) is 3.54. The van der Waals surface area contributed by atoms with Crippen LogP contribution in [0.25, 0.3) is 0 Å². The average molecular weight is 1010 g/mol. The van der Waals surface area contributed by atoms with Crippen molar-refractivity contribution >= 4 is 5.97 Å². The third-order valence-corrected chi connectivity index (χ3v) is 18.0. The fraction of sp³-hybridized carbons (Fsp3) is 0.936. The molecule has 9 unspecified atom stereocenters. The SMILES string of the molecule is C=C1C[C@@]23CCC4[C@](C)(C(=O)O[C@@H]5OC(CO)[C@@H](O)[C@@H](O)C5O)CCC[C@@]4(C)[C@@H]2CC[C@]1(OC[C@@H]1OC(CO)[C@@H](O)[C@@H](COC[C@@H]2OC(CO)[C@@H](O)[C@@H](O)C2O)C1O[C@@H]1OC(CO)[C@@H](O)[C@@H](O)C1O)C3. The Balaban J connectivity index is 1.000. The molecule has 4 saturated heterocycles. The predicted molar refractivity (Wildman–Crippen MR) is 233 cm³/mol. The smallest absolute Gasteiger partial charge is 0.314 e. The van der Waals surface area contributed by atoms with Gasteiger partial charge in [-0.1, -0.05) is 19.9 Å². The topological polar surface area (TPSA) is 374 Å². The second-order valence-electron chi connectivity index (χ2n) is 21.9. The van der Waals surface area contributed by atoms with Crippen LogP contribution >= 0.6 is 0 Å². The number of aliphatic hydroxyl groups is 14. The van der Waals surface area contributed by atoms with Crippen molar-refractivity contribution in [1.29, 1.82) is 0 Å². The maximum absolute atomic E-state index is 14.3. The van der Waals surface area contributed by atoms with E-state index in [9.17, 15) is 76.3 Å². The second kappa shape index (κ2) is 21.2. The number of hydrogen-bond acceptors (Lipinski definition) is 23. The predicted octanol–water partition coefficient (Wildman–Crippen LogP) is -4.78. The molecule has 70 heavy (non-hydrogen) atoms. The fourth-order valence-corrected chi connectivity index (χ4v) is 14.2. The van der Waals surface area contributed by atoms with Gasteiger partial charge in [0.25, 0.3) is 0 Å². The Bertz CT molecular complexity index is 1810. The van der Waals surface area contributed by atoms with Gasteiger partial charge in [-0.05, 0) is 86.5 Å². The molecular formula is C47H76O23. The lowest BCUT2D eigenvalue weighted by molar-refractivity contribution is -0.342. The van der Waals surface area contributed by atoms with E-state index in [-0.39, 0.29) is 35.9 Å². The van der Waals surface area contributed by atoms with Gasteiger partial charge in [0.05, 0.1) is 69.5 Å². The molecule has 23 heteroatoms. The fourth-order valence-electron chi connectivity index (χ4n) is 14.2. The molecule has 0 aromatic heterocycles. The van der Waals surface area contributed by atoms with Crippen LogP contribution in [0.15, 0.2) is 12.2 Å². The highest BCUT2D eigenvalue weighted by molar-refractivity contribution is 5.77. The summed E-state index contributed by atoms with van der Waals surface area (Å²) in [6, 6.07) is 0. The van der Waals surface area contributed by atoms with E-state index < -0.39 is 172 Å². The number of ether oxygens (including phenoxy) is 8. The Kier molecular flexibility index (Phi) is 16.5. The van der Waals surface area contributed by atoms with Crippen LogP contribution in [0.4, 0.5) is 0 Å². The van der Waals surface area contributed by atoms with Crippen LogP contribution in [0.1, 0.15) is 71.6 Å². The van der Waals surface area contributed by atoms with Crippen LogP contribution in [0.5, 0.6) is 0 Å². The van der Waals surface area contributed by atoms with Crippen LogP contribution < -0.4 is 0 Å². The summed E-state index contributed by atoms with van der Waals surface area (Å²) in [6.07, 6.45) is -22.9. The van der Waals surface area contributed by atoms with Gasteiger partial charge in [0, 0.05) is 5.92 Å². The molecule has 4 aliphatic heterocycles. The summed E-state index contributed by atoms with van der Waals surface area (Å²) >= 11 is 0. The molecule has 0 amide bonds. The maximum atomic E-state index is 14.3. The number of aliphatic hydroxyl groups excluding tert-OH is 14. The highest BCUT2D eigenvalue weighted by Gasteiger charge is 2.69. The second-order valence-corrected chi connectivity index (χ2v) is 21.9. The van der Waals surface area contributed by atoms with Gasteiger partial charge in [-0.3, -0.25) is 4.79 Å². The van der Waals surface area contributed by atoms with Crippen LogP contribution in [0, 0.1) is 34.0 Å². The molecule has 4 heterocycles.